The number of ketones is 1. The summed E-state index contributed by atoms with van der Waals surface area (Å²) in [7, 11) is 0. The van der Waals surface area contributed by atoms with Crippen molar-refractivity contribution in [3.63, 3.8) is 0 Å². The lowest BCUT2D eigenvalue weighted by Crippen LogP contribution is -2.09. The number of fused-ring (bicyclic) bond motifs is 1. The maximum Gasteiger partial charge on any atom is 0.188 e. The molecule has 0 fully saturated rings. The number of thiophene rings is 1. The number of rotatable bonds is 5. The van der Waals surface area contributed by atoms with Gasteiger partial charge in [0.15, 0.2) is 10.9 Å². The highest BCUT2D eigenvalue weighted by Gasteiger charge is 2.27. The average Bonchev–Trinajstić information content (AvgIpc) is 3.07. The van der Waals surface area contributed by atoms with Crippen LogP contribution < -0.4 is 0 Å². The van der Waals surface area contributed by atoms with Crippen molar-refractivity contribution in [2.75, 3.05) is 6.26 Å². The van der Waals surface area contributed by atoms with Crippen LogP contribution in [0.25, 0.3) is 10.6 Å². The molecule has 27 heavy (non-hydrogen) atoms. The third-order valence-electron chi connectivity index (χ3n) is 4.39. The van der Waals surface area contributed by atoms with Gasteiger partial charge in [-0.2, -0.15) is 0 Å². The lowest BCUT2D eigenvalue weighted by atomic mass is 9.92. The highest BCUT2D eigenvalue weighted by Crippen LogP contribution is 2.44. The largest absolute Gasteiger partial charge is 0.294 e. The summed E-state index contributed by atoms with van der Waals surface area (Å²) in [6.45, 7) is 0. The monoisotopic (exact) mass is 416 g/mol. The van der Waals surface area contributed by atoms with Crippen molar-refractivity contribution in [1.82, 2.24) is 9.97 Å². The van der Waals surface area contributed by atoms with E-state index < -0.39 is 0 Å². The summed E-state index contributed by atoms with van der Waals surface area (Å²) in [6, 6.07) is 8.48. The first kappa shape index (κ1) is 18.7. The summed E-state index contributed by atoms with van der Waals surface area (Å²) >= 11 is 4.76. The second kappa shape index (κ2) is 8.12. The summed E-state index contributed by atoms with van der Waals surface area (Å²) in [6.07, 6.45) is 6.22. The van der Waals surface area contributed by atoms with E-state index in [-0.39, 0.29) is 11.6 Å². The van der Waals surface area contributed by atoms with E-state index in [4.69, 9.17) is 4.98 Å². The zero-order valence-corrected chi connectivity index (χ0v) is 17.1. The highest BCUT2D eigenvalue weighted by molar-refractivity contribution is 8.00. The Labute approximate surface area is 169 Å². The summed E-state index contributed by atoms with van der Waals surface area (Å²) < 4.78 is 14.4. The van der Waals surface area contributed by atoms with E-state index in [9.17, 15) is 9.18 Å². The zero-order valence-electron chi connectivity index (χ0n) is 14.7. The van der Waals surface area contributed by atoms with Crippen LogP contribution in [0.3, 0.4) is 0 Å². The third-order valence-corrected chi connectivity index (χ3v) is 7.70. The van der Waals surface area contributed by atoms with Gasteiger partial charge in [-0.25, -0.2) is 14.4 Å². The number of benzene rings is 1. The number of nitrogens with zero attached hydrogens (tertiary/aromatic N) is 2. The minimum atomic E-state index is -0.234. The number of Topliss-reactive ketones (excluding diaryl/α,β-unsaturated/α-hetero) is 1. The number of halogens is 1. The van der Waals surface area contributed by atoms with E-state index in [0.29, 0.717) is 17.3 Å². The molecule has 2 aromatic heterocycles. The van der Waals surface area contributed by atoms with Crippen molar-refractivity contribution < 1.29 is 9.18 Å². The van der Waals surface area contributed by atoms with Gasteiger partial charge in [0.2, 0.25) is 0 Å². The number of hydrogen-bond donors (Lipinski definition) is 0. The minimum Gasteiger partial charge on any atom is -0.294 e. The van der Waals surface area contributed by atoms with Crippen molar-refractivity contribution in [2.45, 2.75) is 34.4 Å². The first-order valence-corrected chi connectivity index (χ1v) is 11.6. The third kappa shape index (κ3) is 3.95. The van der Waals surface area contributed by atoms with Crippen molar-refractivity contribution in [2.24, 2.45) is 0 Å². The maximum absolute atomic E-state index is 13.3. The Bertz CT molecular complexity index is 1000. The molecule has 4 rings (SSSR count). The molecule has 2 heterocycles. The summed E-state index contributed by atoms with van der Waals surface area (Å²) in [5.41, 5.74) is 3.81. The number of carbonyl (C=O) groups is 1. The van der Waals surface area contributed by atoms with Crippen LogP contribution in [0, 0.1) is 5.82 Å². The molecule has 0 unspecified atom stereocenters. The molecule has 0 atom stereocenters. The normalized spacial score (nSPS) is 13.6. The molecule has 1 aliphatic carbocycles. The van der Waals surface area contributed by atoms with E-state index in [1.54, 1.807) is 35.4 Å². The molecule has 0 saturated heterocycles. The molecule has 138 valence electrons. The second-order valence-corrected chi connectivity index (χ2v) is 9.23. The number of thioether (sulfide) groups is 2. The molecular weight excluding hydrogens is 399 g/mol. The molecule has 3 aromatic rings. The molecular formula is C20H17FN2OS3. The molecule has 0 bridgehead atoms. The Morgan fingerprint density at radius 1 is 1.26 bits per heavy atom. The van der Waals surface area contributed by atoms with Crippen molar-refractivity contribution in [1.29, 1.82) is 0 Å². The Morgan fingerprint density at radius 2 is 2.15 bits per heavy atom. The topological polar surface area (TPSA) is 42.9 Å². The van der Waals surface area contributed by atoms with E-state index in [1.165, 1.54) is 23.9 Å². The van der Waals surface area contributed by atoms with Crippen LogP contribution >= 0.6 is 34.9 Å². The summed E-state index contributed by atoms with van der Waals surface area (Å²) in [5.74, 6) is 0.623. The van der Waals surface area contributed by atoms with Crippen molar-refractivity contribution >= 4 is 40.6 Å². The maximum atomic E-state index is 13.3. The van der Waals surface area contributed by atoms with Gasteiger partial charge in [0.25, 0.3) is 0 Å². The van der Waals surface area contributed by atoms with Gasteiger partial charge < -0.3 is 0 Å². The van der Waals surface area contributed by atoms with Crippen LogP contribution in [-0.2, 0) is 12.2 Å². The predicted molar refractivity (Wildman–Crippen MR) is 110 cm³/mol. The standard InChI is InChI=1S/C20H17FN2OS3/c1-25-19-17-14(6-3-7-16(17)24)18(27-19)15-8-9-22-20(23-15)26-11-12-4-2-5-13(21)10-12/h2,4-5,8-10H,3,6-7,11H2,1H3. The van der Waals surface area contributed by atoms with E-state index in [2.05, 4.69) is 4.98 Å². The van der Waals surface area contributed by atoms with E-state index in [0.717, 1.165) is 44.3 Å². The number of carbonyl (C=O) groups excluding carboxylic acids is 1. The van der Waals surface area contributed by atoms with Gasteiger partial charge in [-0.15, -0.1) is 23.1 Å². The van der Waals surface area contributed by atoms with Crippen LogP contribution in [-0.4, -0.2) is 22.0 Å². The van der Waals surface area contributed by atoms with Gasteiger partial charge in [0.1, 0.15) is 5.82 Å². The minimum absolute atomic E-state index is 0.234. The van der Waals surface area contributed by atoms with Crippen LogP contribution in [0.1, 0.15) is 34.3 Å². The van der Waals surface area contributed by atoms with Crippen molar-refractivity contribution in [3.8, 4) is 10.6 Å². The molecule has 0 radical (unpaired) electrons. The summed E-state index contributed by atoms with van der Waals surface area (Å²) in [4.78, 5) is 22.5. The molecule has 7 heteroatoms. The van der Waals surface area contributed by atoms with Gasteiger partial charge >= 0.3 is 0 Å². The lowest BCUT2D eigenvalue weighted by molar-refractivity contribution is 0.0970. The molecule has 0 spiro atoms. The Balaban J connectivity index is 1.62. The molecule has 1 aromatic carbocycles. The number of hydrogen-bond acceptors (Lipinski definition) is 6. The number of aromatic nitrogens is 2. The Kier molecular flexibility index (Phi) is 5.61. The molecule has 0 aliphatic heterocycles. The summed E-state index contributed by atoms with van der Waals surface area (Å²) in [5, 5.41) is 0.659. The van der Waals surface area contributed by atoms with Gasteiger partial charge in [-0.05, 0) is 48.4 Å². The highest BCUT2D eigenvalue weighted by atomic mass is 32.2. The molecule has 1 aliphatic rings. The molecule has 0 saturated carbocycles. The van der Waals surface area contributed by atoms with Gasteiger partial charge in [0, 0.05) is 23.9 Å². The molecule has 0 N–H and O–H groups in total. The molecule has 0 amide bonds. The van der Waals surface area contributed by atoms with Gasteiger partial charge in [-0.3, -0.25) is 4.79 Å². The zero-order chi connectivity index (χ0) is 18.8. The van der Waals surface area contributed by atoms with Crippen LogP contribution in [0.4, 0.5) is 4.39 Å². The lowest BCUT2D eigenvalue weighted by Gasteiger charge is -2.12. The van der Waals surface area contributed by atoms with Crippen LogP contribution in [0.5, 0.6) is 0 Å². The second-order valence-electron chi connectivity index (χ2n) is 6.20. The van der Waals surface area contributed by atoms with Crippen LogP contribution in [0.2, 0.25) is 0 Å². The predicted octanol–water partition coefficient (Wildman–Crippen LogP) is 5.88. The smallest absolute Gasteiger partial charge is 0.188 e. The first-order chi connectivity index (χ1) is 13.2. The van der Waals surface area contributed by atoms with Crippen molar-refractivity contribution in [3.05, 3.63) is 59.0 Å². The molecule has 3 nitrogen and oxygen atoms in total. The van der Waals surface area contributed by atoms with Gasteiger partial charge in [0.05, 0.1) is 14.8 Å². The average molecular weight is 417 g/mol. The van der Waals surface area contributed by atoms with E-state index in [1.807, 2.05) is 18.4 Å². The fourth-order valence-electron chi connectivity index (χ4n) is 3.18. The SMILES string of the molecule is CSc1sc(-c2ccnc(SCc3cccc(F)c3)n2)c2c1C(=O)CCC2. The fraction of sp³-hybridized carbons (Fsp3) is 0.250. The van der Waals surface area contributed by atoms with E-state index >= 15 is 0 Å². The van der Waals surface area contributed by atoms with Gasteiger partial charge in [-0.1, -0.05) is 23.9 Å². The Hall–Kier alpha value is -1.70. The quantitative estimate of drug-likeness (QED) is 0.384. The first-order valence-electron chi connectivity index (χ1n) is 8.59. The fourth-order valence-corrected chi connectivity index (χ4v) is 6.04. The Morgan fingerprint density at radius 3 is 2.96 bits per heavy atom. The van der Waals surface area contributed by atoms with Crippen LogP contribution in [0.15, 0.2) is 45.9 Å².